The van der Waals surface area contributed by atoms with E-state index in [1.165, 1.54) is 10.4 Å². The van der Waals surface area contributed by atoms with Crippen LogP contribution < -0.4 is 9.80 Å². The minimum absolute atomic E-state index is 0.767. The predicted octanol–water partition coefficient (Wildman–Crippen LogP) is 2.32. The number of hydrogen-bond acceptors (Lipinski definition) is 6. The smallest absolute Gasteiger partial charge is 0.134 e. The average Bonchev–Trinajstić information content (AvgIpc) is 2.93. The molecule has 6 heteroatoms. The van der Waals surface area contributed by atoms with Gasteiger partial charge in [0, 0.05) is 31.1 Å². The minimum atomic E-state index is 0.767. The molecule has 1 aliphatic heterocycles. The van der Waals surface area contributed by atoms with Crippen LogP contribution in [0.3, 0.4) is 0 Å². The van der Waals surface area contributed by atoms with Gasteiger partial charge in [0.25, 0.3) is 0 Å². The van der Waals surface area contributed by atoms with Crippen molar-refractivity contribution in [1.82, 2.24) is 9.97 Å². The van der Waals surface area contributed by atoms with Gasteiger partial charge in [0.2, 0.25) is 0 Å². The number of nitrogens with zero attached hydrogens (tertiary/aromatic N) is 4. The van der Waals surface area contributed by atoms with Crippen molar-refractivity contribution in [3.63, 3.8) is 0 Å². The van der Waals surface area contributed by atoms with Crippen molar-refractivity contribution in [2.75, 3.05) is 43.2 Å². The van der Waals surface area contributed by atoms with Crippen LogP contribution in [0.2, 0.25) is 0 Å². The summed E-state index contributed by atoms with van der Waals surface area (Å²) in [7, 11) is 2.07. The van der Waals surface area contributed by atoms with E-state index >= 15 is 0 Å². The van der Waals surface area contributed by atoms with Crippen LogP contribution in [0, 0.1) is 6.92 Å². The minimum Gasteiger partial charge on any atom is -0.378 e. The first-order chi connectivity index (χ1) is 10.2. The summed E-state index contributed by atoms with van der Waals surface area (Å²) in [6.45, 7) is 6.35. The Morgan fingerprint density at radius 2 is 2.14 bits per heavy atom. The Hall–Kier alpha value is -1.66. The number of rotatable bonds is 4. The Labute approximate surface area is 129 Å². The lowest BCUT2D eigenvalue weighted by molar-refractivity contribution is 0.122. The maximum atomic E-state index is 5.39. The fraction of sp³-hybridized carbons (Fsp3) is 0.467. The third kappa shape index (κ3) is 3.33. The molecule has 0 aromatic carbocycles. The molecule has 21 heavy (non-hydrogen) atoms. The van der Waals surface area contributed by atoms with E-state index in [2.05, 4.69) is 51.3 Å². The Bertz CT molecular complexity index is 595. The molecule has 2 aromatic heterocycles. The predicted molar refractivity (Wildman–Crippen MR) is 86.2 cm³/mol. The summed E-state index contributed by atoms with van der Waals surface area (Å²) in [5.74, 6) is 1.94. The van der Waals surface area contributed by atoms with Gasteiger partial charge >= 0.3 is 0 Å². The van der Waals surface area contributed by atoms with Crippen LogP contribution in [-0.2, 0) is 11.3 Å². The number of aryl methyl sites for hydroxylation is 1. The fourth-order valence-electron chi connectivity index (χ4n) is 2.37. The van der Waals surface area contributed by atoms with Crippen LogP contribution in [0.25, 0.3) is 0 Å². The molecule has 3 rings (SSSR count). The van der Waals surface area contributed by atoms with Crippen molar-refractivity contribution in [2.45, 2.75) is 13.5 Å². The summed E-state index contributed by atoms with van der Waals surface area (Å²) in [5.41, 5.74) is 1.34. The van der Waals surface area contributed by atoms with E-state index in [0.717, 1.165) is 44.5 Å². The quantitative estimate of drug-likeness (QED) is 0.867. The van der Waals surface area contributed by atoms with Crippen molar-refractivity contribution < 1.29 is 4.74 Å². The van der Waals surface area contributed by atoms with Crippen LogP contribution in [0.1, 0.15) is 10.4 Å². The molecule has 0 N–H and O–H groups in total. The van der Waals surface area contributed by atoms with Crippen LogP contribution in [0.4, 0.5) is 11.6 Å². The van der Waals surface area contributed by atoms with Crippen LogP contribution in [0.5, 0.6) is 0 Å². The number of thiophene rings is 1. The highest BCUT2D eigenvalue weighted by Gasteiger charge is 2.14. The van der Waals surface area contributed by atoms with Gasteiger partial charge in [-0.25, -0.2) is 9.97 Å². The van der Waals surface area contributed by atoms with E-state index in [9.17, 15) is 0 Å². The Kier molecular flexibility index (Phi) is 4.36. The number of anilines is 2. The maximum absolute atomic E-state index is 5.39. The highest BCUT2D eigenvalue weighted by Crippen LogP contribution is 2.22. The average molecular weight is 304 g/mol. The van der Waals surface area contributed by atoms with Gasteiger partial charge in [0.05, 0.1) is 19.8 Å². The molecule has 0 radical (unpaired) electrons. The van der Waals surface area contributed by atoms with Crippen LogP contribution in [-0.4, -0.2) is 43.3 Å². The van der Waals surface area contributed by atoms with Crippen molar-refractivity contribution in [2.24, 2.45) is 0 Å². The van der Waals surface area contributed by atoms with Crippen molar-refractivity contribution in [1.29, 1.82) is 0 Å². The van der Waals surface area contributed by atoms with Gasteiger partial charge < -0.3 is 14.5 Å². The van der Waals surface area contributed by atoms with E-state index < -0.39 is 0 Å². The molecule has 0 bridgehead atoms. The monoisotopic (exact) mass is 304 g/mol. The molecule has 0 unspecified atom stereocenters. The Balaban J connectivity index is 1.74. The first-order valence-electron chi connectivity index (χ1n) is 7.13. The van der Waals surface area contributed by atoms with Gasteiger partial charge in [-0.2, -0.15) is 0 Å². The van der Waals surface area contributed by atoms with Gasteiger partial charge in [-0.3, -0.25) is 0 Å². The largest absolute Gasteiger partial charge is 0.378 e. The van der Waals surface area contributed by atoms with Crippen molar-refractivity contribution in [3.05, 3.63) is 34.3 Å². The summed E-state index contributed by atoms with van der Waals surface area (Å²) >= 11 is 1.79. The Morgan fingerprint density at radius 1 is 1.33 bits per heavy atom. The maximum Gasteiger partial charge on any atom is 0.134 e. The zero-order valence-electron chi connectivity index (χ0n) is 12.5. The number of ether oxygens (including phenoxy) is 1. The van der Waals surface area contributed by atoms with E-state index in [-0.39, 0.29) is 0 Å². The number of morpholine rings is 1. The summed E-state index contributed by atoms with van der Waals surface area (Å²) < 4.78 is 5.39. The second-order valence-corrected chi connectivity index (χ2v) is 6.22. The third-order valence-electron chi connectivity index (χ3n) is 3.71. The molecule has 112 valence electrons. The van der Waals surface area contributed by atoms with Gasteiger partial charge in [0.1, 0.15) is 18.0 Å². The number of hydrogen-bond donors (Lipinski definition) is 0. The van der Waals surface area contributed by atoms with Gasteiger partial charge in [-0.1, -0.05) is 0 Å². The second-order valence-electron chi connectivity index (χ2n) is 5.22. The molecular formula is C15H20N4OS. The molecule has 0 atom stereocenters. The molecule has 2 aromatic rings. The standard InChI is InChI=1S/C15H20N4OS/c1-12-3-8-21-13(12)10-18(2)14-9-15(17-11-16-14)19-4-6-20-7-5-19/h3,8-9,11H,4-7,10H2,1-2H3. The first kappa shape index (κ1) is 14.3. The number of aromatic nitrogens is 2. The summed E-state index contributed by atoms with van der Waals surface area (Å²) in [5, 5.41) is 2.14. The van der Waals surface area contributed by atoms with Crippen molar-refractivity contribution >= 4 is 23.0 Å². The van der Waals surface area contributed by atoms with Crippen LogP contribution >= 0.6 is 11.3 Å². The SMILES string of the molecule is Cc1ccsc1CN(C)c1cc(N2CCOCC2)ncn1. The zero-order valence-corrected chi connectivity index (χ0v) is 13.3. The summed E-state index contributed by atoms with van der Waals surface area (Å²) in [6, 6.07) is 4.22. The van der Waals surface area contributed by atoms with Gasteiger partial charge in [-0.05, 0) is 23.9 Å². The van der Waals surface area contributed by atoms with E-state index in [4.69, 9.17) is 4.74 Å². The molecule has 3 heterocycles. The molecule has 5 nitrogen and oxygen atoms in total. The second kappa shape index (κ2) is 6.41. The molecule has 0 aliphatic carbocycles. The summed E-state index contributed by atoms with van der Waals surface area (Å²) in [6.07, 6.45) is 1.65. The van der Waals surface area contributed by atoms with E-state index in [0.29, 0.717) is 0 Å². The third-order valence-corrected chi connectivity index (χ3v) is 4.72. The Morgan fingerprint density at radius 3 is 2.86 bits per heavy atom. The molecule has 1 fully saturated rings. The van der Waals surface area contributed by atoms with E-state index in [1.54, 1.807) is 17.7 Å². The molecule has 0 saturated carbocycles. The zero-order chi connectivity index (χ0) is 14.7. The van der Waals surface area contributed by atoms with Crippen LogP contribution in [0.15, 0.2) is 23.8 Å². The molecule has 0 spiro atoms. The summed E-state index contributed by atoms with van der Waals surface area (Å²) in [4.78, 5) is 14.6. The lowest BCUT2D eigenvalue weighted by Gasteiger charge is -2.28. The van der Waals surface area contributed by atoms with Gasteiger partial charge in [0.15, 0.2) is 0 Å². The van der Waals surface area contributed by atoms with E-state index in [1.807, 2.05) is 0 Å². The van der Waals surface area contributed by atoms with Crippen molar-refractivity contribution in [3.8, 4) is 0 Å². The highest BCUT2D eigenvalue weighted by molar-refractivity contribution is 7.10. The highest BCUT2D eigenvalue weighted by atomic mass is 32.1. The first-order valence-corrected chi connectivity index (χ1v) is 8.01. The lowest BCUT2D eigenvalue weighted by Crippen LogP contribution is -2.36. The molecule has 1 aliphatic rings. The molecule has 0 amide bonds. The lowest BCUT2D eigenvalue weighted by atomic mass is 10.3. The van der Waals surface area contributed by atoms with Gasteiger partial charge in [-0.15, -0.1) is 11.3 Å². The molecular weight excluding hydrogens is 284 g/mol. The normalized spacial score (nSPS) is 15.2. The fourth-order valence-corrected chi connectivity index (χ4v) is 3.33. The topological polar surface area (TPSA) is 41.5 Å². The molecule has 1 saturated heterocycles.